The maximum Gasteiger partial charge on any atom is 0.259 e. The first-order valence-corrected chi connectivity index (χ1v) is 5.76. The van der Waals surface area contributed by atoms with Crippen LogP contribution in [0.1, 0.15) is 21.9 Å². The van der Waals surface area contributed by atoms with Crippen LogP contribution >= 0.6 is 0 Å². The van der Waals surface area contributed by atoms with Crippen LogP contribution in [0.2, 0.25) is 0 Å². The van der Waals surface area contributed by atoms with Gasteiger partial charge in [0.1, 0.15) is 11.4 Å². The number of fused-ring (bicyclic) bond motifs is 1. The maximum absolute atomic E-state index is 12.4. The van der Waals surface area contributed by atoms with Crippen molar-refractivity contribution in [3.63, 3.8) is 0 Å². The fourth-order valence-electron chi connectivity index (χ4n) is 2.22. The first kappa shape index (κ1) is 10.8. The Morgan fingerprint density at radius 1 is 1.50 bits per heavy atom. The number of rotatable bonds is 1. The van der Waals surface area contributed by atoms with Crippen molar-refractivity contribution in [1.29, 1.82) is 0 Å². The molecule has 0 aliphatic carbocycles. The molecule has 0 saturated heterocycles. The molecule has 0 aromatic carbocycles. The highest BCUT2D eigenvalue weighted by Crippen LogP contribution is 2.18. The number of nitrogens with zero attached hydrogens (tertiary/aromatic N) is 4. The van der Waals surface area contributed by atoms with E-state index >= 15 is 0 Å². The number of aromatic nitrogens is 4. The Balaban J connectivity index is 1.87. The van der Waals surface area contributed by atoms with Crippen LogP contribution in [0.5, 0.6) is 0 Å². The molecule has 0 saturated carbocycles. The summed E-state index contributed by atoms with van der Waals surface area (Å²) in [6.07, 6.45) is 3.68. The second kappa shape index (κ2) is 3.86. The highest BCUT2D eigenvalue weighted by Gasteiger charge is 2.26. The molecule has 0 spiro atoms. The van der Waals surface area contributed by atoms with E-state index in [9.17, 15) is 4.79 Å². The molecule has 3 rings (SSSR count). The zero-order chi connectivity index (χ0) is 12.7. The predicted octanol–water partition coefficient (Wildman–Crippen LogP) is 0.153. The number of hydrogen-bond donors (Lipinski definition) is 2. The molecule has 2 aromatic rings. The van der Waals surface area contributed by atoms with Gasteiger partial charge in [0.2, 0.25) is 0 Å². The molecule has 0 atom stereocenters. The van der Waals surface area contributed by atoms with Crippen LogP contribution < -0.4 is 5.73 Å². The van der Waals surface area contributed by atoms with Crippen molar-refractivity contribution < 1.29 is 4.79 Å². The van der Waals surface area contributed by atoms with Gasteiger partial charge in [-0.25, -0.2) is 4.98 Å². The van der Waals surface area contributed by atoms with Gasteiger partial charge in [0.15, 0.2) is 5.82 Å². The summed E-state index contributed by atoms with van der Waals surface area (Å²) in [6, 6.07) is 0. The van der Waals surface area contributed by atoms with Crippen LogP contribution in [0.4, 0.5) is 5.82 Å². The lowest BCUT2D eigenvalue weighted by Crippen LogP contribution is -2.38. The Morgan fingerprint density at radius 3 is 3.06 bits per heavy atom. The van der Waals surface area contributed by atoms with E-state index < -0.39 is 0 Å². The summed E-state index contributed by atoms with van der Waals surface area (Å²) in [5.41, 5.74) is 6.88. The molecule has 3 N–H and O–H groups in total. The quantitative estimate of drug-likeness (QED) is 0.749. The van der Waals surface area contributed by atoms with Gasteiger partial charge in [0.05, 0.1) is 6.54 Å². The fraction of sp³-hybridized carbons (Fsp3) is 0.364. The molecule has 1 aliphatic rings. The van der Waals surface area contributed by atoms with Crippen LogP contribution in [0.25, 0.3) is 0 Å². The number of H-pyrrole nitrogens is 1. The molecule has 1 amide bonds. The maximum atomic E-state index is 12.4. The molecule has 3 heterocycles. The Morgan fingerprint density at radius 2 is 2.33 bits per heavy atom. The van der Waals surface area contributed by atoms with Crippen molar-refractivity contribution in [2.24, 2.45) is 0 Å². The Labute approximate surface area is 104 Å². The van der Waals surface area contributed by atoms with E-state index in [1.165, 1.54) is 0 Å². The standard InChI is InChI=1S/C11H14N6O/c1-7-9(10(12)15-14-7)11(18)17-5-4-16-3-2-13-8(16)6-17/h2-3H,4-6H2,1H3,(H3,12,14,15). The highest BCUT2D eigenvalue weighted by molar-refractivity contribution is 5.99. The molecule has 0 fully saturated rings. The number of carbonyl (C=O) groups excluding carboxylic acids is 1. The molecule has 1 aliphatic heterocycles. The van der Waals surface area contributed by atoms with Crippen LogP contribution in [-0.2, 0) is 13.1 Å². The first-order valence-electron chi connectivity index (χ1n) is 5.76. The summed E-state index contributed by atoms with van der Waals surface area (Å²) in [5.74, 6) is 1.06. The van der Waals surface area contributed by atoms with E-state index in [-0.39, 0.29) is 11.7 Å². The van der Waals surface area contributed by atoms with Gasteiger partial charge in [-0.15, -0.1) is 0 Å². The van der Waals surface area contributed by atoms with Gasteiger partial charge in [0.25, 0.3) is 5.91 Å². The first-order chi connectivity index (χ1) is 8.66. The molecular formula is C11H14N6O. The van der Waals surface area contributed by atoms with Crippen molar-refractivity contribution >= 4 is 11.7 Å². The van der Waals surface area contributed by atoms with Crippen LogP contribution in [-0.4, -0.2) is 37.1 Å². The number of anilines is 1. The number of aromatic amines is 1. The largest absolute Gasteiger partial charge is 0.382 e. The molecule has 2 aromatic heterocycles. The zero-order valence-electron chi connectivity index (χ0n) is 10.1. The van der Waals surface area contributed by atoms with Crippen molar-refractivity contribution in [2.45, 2.75) is 20.0 Å². The number of imidazole rings is 1. The smallest absolute Gasteiger partial charge is 0.259 e. The number of nitrogens with one attached hydrogen (secondary N) is 1. The minimum absolute atomic E-state index is 0.0898. The number of nitrogen functional groups attached to an aromatic ring is 1. The Kier molecular flexibility index (Phi) is 2.32. The van der Waals surface area contributed by atoms with Gasteiger partial charge in [0, 0.05) is 31.2 Å². The number of hydrogen-bond acceptors (Lipinski definition) is 4. The van der Waals surface area contributed by atoms with Gasteiger partial charge < -0.3 is 15.2 Å². The van der Waals surface area contributed by atoms with E-state index in [0.29, 0.717) is 24.3 Å². The van der Waals surface area contributed by atoms with Crippen molar-refractivity contribution in [3.05, 3.63) is 29.5 Å². The van der Waals surface area contributed by atoms with E-state index in [1.54, 1.807) is 18.0 Å². The zero-order valence-corrected chi connectivity index (χ0v) is 10.1. The molecule has 0 bridgehead atoms. The van der Waals surface area contributed by atoms with E-state index in [4.69, 9.17) is 5.73 Å². The SMILES string of the molecule is Cc1[nH]nc(N)c1C(=O)N1CCn2ccnc2C1. The average molecular weight is 246 g/mol. The van der Waals surface area contributed by atoms with Gasteiger partial charge in [-0.05, 0) is 6.92 Å². The molecule has 0 radical (unpaired) electrons. The summed E-state index contributed by atoms with van der Waals surface area (Å²) in [5, 5.41) is 6.58. The van der Waals surface area contributed by atoms with E-state index in [0.717, 1.165) is 12.4 Å². The number of nitrogens with two attached hydrogens (primary N) is 1. The lowest BCUT2D eigenvalue weighted by atomic mass is 10.2. The summed E-state index contributed by atoms with van der Waals surface area (Å²) in [7, 11) is 0. The number of aryl methyl sites for hydroxylation is 1. The van der Waals surface area contributed by atoms with Crippen LogP contribution in [0.3, 0.4) is 0 Å². The van der Waals surface area contributed by atoms with Gasteiger partial charge in [-0.2, -0.15) is 5.10 Å². The predicted molar refractivity (Wildman–Crippen MR) is 64.7 cm³/mol. The Bertz CT molecular complexity index is 579. The second-order valence-electron chi connectivity index (χ2n) is 4.37. The lowest BCUT2D eigenvalue weighted by molar-refractivity contribution is 0.0708. The summed E-state index contributed by atoms with van der Waals surface area (Å²) in [6.45, 7) is 3.72. The normalized spacial score (nSPS) is 14.6. The second-order valence-corrected chi connectivity index (χ2v) is 4.37. The lowest BCUT2D eigenvalue weighted by Gasteiger charge is -2.27. The summed E-state index contributed by atoms with van der Waals surface area (Å²) in [4.78, 5) is 18.4. The summed E-state index contributed by atoms with van der Waals surface area (Å²) >= 11 is 0. The van der Waals surface area contributed by atoms with Gasteiger partial charge in [-0.1, -0.05) is 0 Å². The topological polar surface area (TPSA) is 92.8 Å². The van der Waals surface area contributed by atoms with E-state index in [2.05, 4.69) is 19.7 Å². The third-order valence-electron chi connectivity index (χ3n) is 3.22. The fourth-order valence-corrected chi connectivity index (χ4v) is 2.22. The van der Waals surface area contributed by atoms with E-state index in [1.807, 2.05) is 6.20 Å². The number of carbonyl (C=O) groups is 1. The molecule has 94 valence electrons. The average Bonchev–Trinajstić information content (AvgIpc) is 2.94. The van der Waals surface area contributed by atoms with Crippen molar-refractivity contribution in [3.8, 4) is 0 Å². The minimum atomic E-state index is -0.0898. The molecule has 7 heteroatoms. The highest BCUT2D eigenvalue weighted by atomic mass is 16.2. The molecular weight excluding hydrogens is 232 g/mol. The molecule has 0 unspecified atom stereocenters. The van der Waals surface area contributed by atoms with Crippen molar-refractivity contribution in [1.82, 2.24) is 24.6 Å². The van der Waals surface area contributed by atoms with Crippen LogP contribution in [0, 0.1) is 6.92 Å². The third-order valence-corrected chi connectivity index (χ3v) is 3.22. The molecule has 18 heavy (non-hydrogen) atoms. The number of amides is 1. The van der Waals surface area contributed by atoms with Gasteiger partial charge >= 0.3 is 0 Å². The third kappa shape index (κ3) is 1.55. The summed E-state index contributed by atoms with van der Waals surface area (Å²) < 4.78 is 2.05. The monoisotopic (exact) mass is 246 g/mol. The molecule has 7 nitrogen and oxygen atoms in total. The Hall–Kier alpha value is -2.31. The van der Waals surface area contributed by atoms with Crippen molar-refractivity contribution in [2.75, 3.05) is 12.3 Å². The van der Waals surface area contributed by atoms with Crippen LogP contribution in [0.15, 0.2) is 12.4 Å². The van der Waals surface area contributed by atoms with Gasteiger partial charge in [-0.3, -0.25) is 9.89 Å². The minimum Gasteiger partial charge on any atom is -0.382 e.